The van der Waals surface area contributed by atoms with Crippen LogP contribution in [0.1, 0.15) is 60.8 Å². The van der Waals surface area contributed by atoms with Gasteiger partial charge in [0.15, 0.2) is 0 Å². The molecular formula is C14H26INO4. The Hall–Kier alpha value is -0.530. The highest BCUT2D eigenvalue weighted by Gasteiger charge is 2.19. The van der Waals surface area contributed by atoms with Crippen LogP contribution in [0.2, 0.25) is 0 Å². The van der Waals surface area contributed by atoms with Crippen molar-refractivity contribution in [2.24, 2.45) is 0 Å². The first-order valence-corrected chi connectivity index (χ1v) is 7.99. The molecule has 0 aliphatic rings. The molecule has 0 saturated heterocycles. The van der Waals surface area contributed by atoms with Crippen LogP contribution >= 0.6 is 22.6 Å². The summed E-state index contributed by atoms with van der Waals surface area (Å²) >= 11 is 2.12. The number of alkyl carbamates (subject to hydrolysis) is 1. The zero-order valence-corrected chi connectivity index (χ0v) is 15.4. The van der Waals surface area contributed by atoms with Gasteiger partial charge in [0.05, 0.1) is 4.05 Å². The number of nitrogens with one attached hydrogen (secondary N) is 1. The van der Waals surface area contributed by atoms with Gasteiger partial charge in [-0.1, -0.05) is 22.6 Å². The number of hydrogen-bond donors (Lipinski definition) is 1. The van der Waals surface area contributed by atoms with Gasteiger partial charge in [0, 0.05) is 6.42 Å². The van der Waals surface area contributed by atoms with Crippen molar-refractivity contribution in [3.8, 4) is 0 Å². The first kappa shape index (κ1) is 19.5. The molecule has 5 nitrogen and oxygen atoms in total. The summed E-state index contributed by atoms with van der Waals surface area (Å²) in [6.45, 7) is 11.0. The summed E-state index contributed by atoms with van der Waals surface area (Å²) in [7, 11) is 0. The summed E-state index contributed by atoms with van der Waals surface area (Å²) < 4.78 is 10.3. The molecular weight excluding hydrogens is 373 g/mol. The van der Waals surface area contributed by atoms with E-state index < -0.39 is 17.3 Å². The molecule has 0 aromatic rings. The van der Waals surface area contributed by atoms with E-state index in [-0.39, 0.29) is 10.0 Å². The molecule has 0 rings (SSSR count). The molecule has 0 bridgehead atoms. The van der Waals surface area contributed by atoms with Gasteiger partial charge in [-0.05, 0) is 54.4 Å². The number of ether oxygens (including phenoxy) is 2. The second kappa shape index (κ2) is 8.05. The number of amides is 1. The van der Waals surface area contributed by atoms with Crippen molar-refractivity contribution in [1.29, 1.82) is 0 Å². The van der Waals surface area contributed by atoms with Gasteiger partial charge in [-0.15, -0.1) is 0 Å². The Morgan fingerprint density at radius 2 is 1.55 bits per heavy atom. The highest BCUT2D eigenvalue weighted by atomic mass is 127. The minimum atomic E-state index is -0.503. The molecule has 1 amide bonds. The summed E-state index contributed by atoms with van der Waals surface area (Å²) in [6, 6.07) is 0. The van der Waals surface area contributed by atoms with Crippen LogP contribution in [0.25, 0.3) is 0 Å². The van der Waals surface area contributed by atoms with E-state index in [1.165, 1.54) is 0 Å². The lowest BCUT2D eigenvalue weighted by Gasteiger charge is -2.21. The van der Waals surface area contributed by atoms with E-state index in [1.807, 2.05) is 41.5 Å². The summed E-state index contributed by atoms with van der Waals surface area (Å²) in [4.78, 5) is 23.0. The zero-order valence-electron chi connectivity index (χ0n) is 13.2. The molecule has 1 N–H and O–H groups in total. The molecule has 0 aliphatic heterocycles. The van der Waals surface area contributed by atoms with E-state index in [4.69, 9.17) is 9.47 Å². The molecule has 0 fully saturated rings. The van der Waals surface area contributed by atoms with Gasteiger partial charge in [0.25, 0.3) is 0 Å². The number of rotatable bonds is 5. The lowest BCUT2D eigenvalue weighted by molar-refractivity contribution is -0.154. The van der Waals surface area contributed by atoms with Crippen LogP contribution in [0.5, 0.6) is 0 Å². The summed E-state index contributed by atoms with van der Waals surface area (Å²) in [6.07, 6.45) is 1.28. The predicted molar refractivity (Wildman–Crippen MR) is 86.9 cm³/mol. The van der Waals surface area contributed by atoms with Crippen molar-refractivity contribution >= 4 is 34.7 Å². The Morgan fingerprint density at radius 3 is 2.00 bits per heavy atom. The summed E-state index contributed by atoms with van der Waals surface area (Å²) in [5.41, 5.74) is -0.952. The van der Waals surface area contributed by atoms with E-state index in [0.29, 0.717) is 19.3 Å². The van der Waals surface area contributed by atoms with Crippen molar-refractivity contribution in [2.45, 2.75) is 76.1 Å². The second-order valence-electron chi connectivity index (χ2n) is 6.59. The van der Waals surface area contributed by atoms with Crippen LogP contribution in [0.4, 0.5) is 4.79 Å². The monoisotopic (exact) mass is 399 g/mol. The van der Waals surface area contributed by atoms with Crippen molar-refractivity contribution in [3.63, 3.8) is 0 Å². The molecule has 1 atom stereocenters. The molecule has 0 aliphatic carbocycles. The second-order valence-corrected chi connectivity index (χ2v) is 8.10. The normalized spacial score (nSPS) is 13.6. The smallest absolute Gasteiger partial charge is 0.408 e. The maximum Gasteiger partial charge on any atom is 0.408 e. The van der Waals surface area contributed by atoms with Crippen LogP contribution in [-0.2, 0) is 14.3 Å². The number of alkyl halides is 1. The number of carbonyl (C=O) groups excluding carboxylic acids is 2. The average molecular weight is 399 g/mol. The van der Waals surface area contributed by atoms with E-state index in [0.717, 1.165) is 0 Å². The van der Waals surface area contributed by atoms with Crippen molar-refractivity contribution in [1.82, 2.24) is 5.32 Å². The van der Waals surface area contributed by atoms with Crippen molar-refractivity contribution in [3.05, 3.63) is 0 Å². The largest absolute Gasteiger partial charge is 0.460 e. The first-order valence-electron chi connectivity index (χ1n) is 6.74. The van der Waals surface area contributed by atoms with Gasteiger partial charge in [-0.25, -0.2) is 4.79 Å². The van der Waals surface area contributed by atoms with Gasteiger partial charge in [0.2, 0.25) is 0 Å². The van der Waals surface area contributed by atoms with Crippen LogP contribution in [0.3, 0.4) is 0 Å². The number of halogens is 1. The Bertz CT molecular complexity index is 331. The van der Waals surface area contributed by atoms with E-state index in [2.05, 4.69) is 27.9 Å². The van der Waals surface area contributed by atoms with Crippen molar-refractivity contribution in [2.75, 3.05) is 0 Å². The van der Waals surface area contributed by atoms with E-state index in [9.17, 15) is 9.59 Å². The average Bonchev–Trinajstić information content (AvgIpc) is 2.10. The lowest BCUT2D eigenvalue weighted by atomic mass is 10.2. The van der Waals surface area contributed by atoms with Gasteiger partial charge in [-0.2, -0.15) is 0 Å². The van der Waals surface area contributed by atoms with E-state index in [1.54, 1.807) is 0 Å². The Morgan fingerprint density at radius 1 is 1.05 bits per heavy atom. The highest BCUT2D eigenvalue weighted by molar-refractivity contribution is 14.1. The third kappa shape index (κ3) is 12.5. The van der Waals surface area contributed by atoms with Gasteiger partial charge < -0.3 is 14.8 Å². The highest BCUT2D eigenvalue weighted by Crippen LogP contribution is 2.13. The molecule has 1 unspecified atom stereocenters. The molecule has 0 saturated carbocycles. The fourth-order valence-corrected chi connectivity index (χ4v) is 2.02. The SMILES string of the molecule is CC(C)(C)OC(=O)CCCC(I)NC(=O)OC(C)(C)C. The molecule has 0 radical (unpaired) electrons. The van der Waals surface area contributed by atoms with Crippen molar-refractivity contribution < 1.29 is 19.1 Å². The Balaban J connectivity index is 3.87. The molecule has 0 aromatic carbocycles. The lowest BCUT2D eigenvalue weighted by Crippen LogP contribution is -2.36. The van der Waals surface area contributed by atoms with E-state index >= 15 is 0 Å². The zero-order chi connectivity index (χ0) is 16.0. The van der Waals surface area contributed by atoms with Crippen LogP contribution < -0.4 is 5.32 Å². The minimum Gasteiger partial charge on any atom is -0.460 e. The maximum absolute atomic E-state index is 11.5. The Kier molecular flexibility index (Phi) is 7.83. The molecule has 20 heavy (non-hydrogen) atoms. The third-order valence-corrected chi connectivity index (χ3v) is 2.87. The van der Waals surface area contributed by atoms with Crippen LogP contribution in [0.15, 0.2) is 0 Å². The maximum atomic E-state index is 11.5. The fraction of sp³-hybridized carbons (Fsp3) is 0.857. The molecule has 6 heteroatoms. The summed E-state index contributed by atoms with van der Waals surface area (Å²) in [5, 5.41) is 2.73. The molecule has 118 valence electrons. The topological polar surface area (TPSA) is 64.6 Å². The quantitative estimate of drug-likeness (QED) is 0.331. The third-order valence-electron chi connectivity index (χ3n) is 1.93. The minimum absolute atomic E-state index is 0.0649. The molecule has 0 aromatic heterocycles. The van der Waals surface area contributed by atoms with Gasteiger partial charge >= 0.3 is 12.1 Å². The summed E-state index contributed by atoms with van der Waals surface area (Å²) in [5.74, 6) is -0.210. The fourth-order valence-electron chi connectivity index (χ4n) is 1.33. The van der Waals surface area contributed by atoms with Gasteiger partial charge in [0.1, 0.15) is 11.2 Å². The first-order chi connectivity index (χ1) is 8.89. The number of carbonyl (C=O) groups is 2. The van der Waals surface area contributed by atoms with Crippen LogP contribution in [-0.4, -0.2) is 27.3 Å². The molecule has 0 heterocycles. The van der Waals surface area contributed by atoms with Crippen LogP contribution in [0, 0.1) is 0 Å². The molecule has 0 spiro atoms. The number of esters is 1. The number of hydrogen-bond acceptors (Lipinski definition) is 4. The van der Waals surface area contributed by atoms with Gasteiger partial charge in [-0.3, -0.25) is 4.79 Å². The predicted octanol–water partition coefficient (Wildman–Crippen LogP) is 3.78. The Labute approximate surface area is 135 Å². The standard InChI is InChI=1S/C14H26INO4/c1-13(2,3)19-11(17)9-7-8-10(15)16-12(18)20-14(4,5)6/h10H,7-9H2,1-6H3,(H,16,18).